The molecule has 7 heteroatoms. The molecular weight excluding hydrogens is 324 g/mol. The van der Waals surface area contributed by atoms with Gasteiger partial charge in [-0.05, 0) is 50.1 Å². The number of sulfonamides is 1. The molecule has 24 heavy (non-hydrogen) atoms. The third kappa shape index (κ3) is 3.96. The van der Waals surface area contributed by atoms with Crippen LogP contribution < -0.4 is 9.62 Å². The molecule has 0 radical (unpaired) electrons. The highest BCUT2D eigenvalue weighted by Gasteiger charge is 2.28. The molecule has 1 aromatic carbocycles. The first-order valence-corrected chi connectivity index (χ1v) is 9.98. The summed E-state index contributed by atoms with van der Waals surface area (Å²) >= 11 is 0. The summed E-state index contributed by atoms with van der Waals surface area (Å²) < 4.78 is 27.4. The molecule has 1 aliphatic heterocycles. The van der Waals surface area contributed by atoms with E-state index in [4.69, 9.17) is 0 Å². The molecule has 6 nitrogen and oxygen atoms in total. The van der Waals surface area contributed by atoms with E-state index >= 15 is 0 Å². The zero-order chi connectivity index (χ0) is 17.0. The lowest BCUT2D eigenvalue weighted by Gasteiger charge is -2.19. The van der Waals surface area contributed by atoms with E-state index in [0.29, 0.717) is 13.0 Å². The lowest BCUT2D eigenvalue weighted by molar-refractivity contribution is 0.507. The average molecular weight is 348 g/mol. The van der Waals surface area contributed by atoms with E-state index < -0.39 is 10.0 Å². The van der Waals surface area contributed by atoms with Crippen LogP contribution in [0.15, 0.2) is 42.7 Å². The van der Waals surface area contributed by atoms with Crippen molar-refractivity contribution in [3.05, 3.63) is 48.3 Å². The molecule has 2 aromatic rings. The van der Waals surface area contributed by atoms with Gasteiger partial charge in [-0.15, -0.1) is 0 Å². The van der Waals surface area contributed by atoms with Crippen LogP contribution in [-0.2, 0) is 16.6 Å². The molecule has 1 saturated heterocycles. The molecule has 1 aliphatic rings. The molecule has 1 atom stereocenters. The van der Waals surface area contributed by atoms with E-state index in [9.17, 15) is 8.42 Å². The lowest BCUT2D eigenvalue weighted by Crippen LogP contribution is -2.25. The number of rotatable bonds is 7. The van der Waals surface area contributed by atoms with Gasteiger partial charge in [0.05, 0.1) is 11.4 Å². The van der Waals surface area contributed by atoms with Crippen molar-refractivity contribution < 1.29 is 8.42 Å². The molecule has 0 bridgehead atoms. The highest BCUT2D eigenvalue weighted by Crippen LogP contribution is 2.25. The van der Waals surface area contributed by atoms with Crippen molar-refractivity contribution in [2.75, 3.05) is 23.1 Å². The van der Waals surface area contributed by atoms with Crippen molar-refractivity contribution in [2.24, 2.45) is 0 Å². The second-order valence-electron chi connectivity index (χ2n) is 6.13. The number of nitrogens with one attached hydrogen (secondary N) is 1. The van der Waals surface area contributed by atoms with Gasteiger partial charge in [-0.3, -0.25) is 8.99 Å². The third-order valence-electron chi connectivity index (χ3n) is 4.35. The molecule has 1 N–H and O–H groups in total. The van der Waals surface area contributed by atoms with E-state index in [2.05, 4.69) is 17.3 Å². The maximum Gasteiger partial charge on any atom is 0.235 e. The number of anilines is 1. The lowest BCUT2D eigenvalue weighted by atomic mass is 10.1. The first-order chi connectivity index (χ1) is 11.6. The normalized spacial score (nSPS) is 18.0. The Kier molecular flexibility index (Phi) is 5.20. The minimum Gasteiger partial charge on any atom is -0.310 e. The molecule has 130 valence electrons. The molecule has 0 saturated carbocycles. The number of aromatic nitrogens is 2. The van der Waals surface area contributed by atoms with E-state index in [1.807, 2.05) is 41.2 Å². The van der Waals surface area contributed by atoms with Gasteiger partial charge in [0, 0.05) is 31.5 Å². The second-order valence-corrected chi connectivity index (χ2v) is 8.14. The van der Waals surface area contributed by atoms with Crippen LogP contribution in [0, 0.1) is 0 Å². The first-order valence-electron chi connectivity index (χ1n) is 8.37. The summed E-state index contributed by atoms with van der Waals surface area (Å²) in [4.78, 5) is 0. The Morgan fingerprint density at radius 2 is 2.08 bits per heavy atom. The minimum atomic E-state index is -3.10. The van der Waals surface area contributed by atoms with Crippen molar-refractivity contribution in [1.82, 2.24) is 15.1 Å². The highest BCUT2D eigenvalue weighted by molar-refractivity contribution is 7.93. The maximum absolute atomic E-state index is 12.0. The summed E-state index contributed by atoms with van der Waals surface area (Å²) in [6.07, 6.45) is 5.47. The van der Waals surface area contributed by atoms with Gasteiger partial charge in [0.25, 0.3) is 0 Å². The van der Waals surface area contributed by atoms with Gasteiger partial charge >= 0.3 is 0 Å². The fourth-order valence-corrected chi connectivity index (χ4v) is 4.53. The zero-order valence-electron chi connectivity index (χ0n) is 13.9. The van der Waals surface area contributed by atoms with Crippen LogP contribution in [0.2, 0.25) is 0 Å². The van der Waals surface area contributed by atoms with E-state index in [1.165, 1.54) is 4.31 Å². The van der Waals surface area contributed by atoms with Gasteiger partial charge in [-0.1, -0.05) is 12.1 Å². The molecule has 2 heterocycles. The maximum atomic E-state index is 12.0. The Morgan fingerprint density at radius 1 is 1.29 bits per heavy atom. The molecule has 0 aliphatic carbocycles. The number of aryl methyl sites for hydroxylation is 1. The van der Waals surface area contributed by atoms with Gasteiger partial charge in [-0.2, -0.15) is 5.10 Å². The van der Waals surface area contributed by atoms with Gasteiger partial charge in [0.2, 0.25) is 10.0 Å². The summed E-state index contributed by atoms with van der Waals surface area (Å²) in [5, 5.41) is 7.68. The van der Waals surface area contributed by atoms with Gasteiger partial charge in [0.1, 0.15) is 0 Å². The highest BCUT2D eigenvalue weighted by atomic mass is 32.2. The van der Waals surface area contributed by atoms with E-state index in [-0.39, 0.29) is 11.8 Å². The monoisotopic (exact) mass is 348 g/mol. The molecule has 1 fully saturated rings. The summed E-state index contributed by atoms with van der Waals surface area (Å²) in [7, 11) is -3.10. The Labute approximate surface area is 143 Å². The number of hydrogen-bond donors (Lipinski definition) is 1. The predicted molar refractivity (Wildman–Crippen MR) is 95.5 cm³/mol. The van der Waals surface area contributed by atoms with Crippen LogP contribution >= 0.6 is 0 Å². The SMILES string of the molecule is C[C@H](NCCCn1cccn1)c1ccc(N2CCCS2(=O)=O)cc1. The standard InChI is InChI=1S/C17H24N4O2S/c1-15(18-9-2-11-20-12-3-10-19-20)16-5-7-17(8-6-16)21-13-4-14-24(21,22)23/h3,5-8,10,12,15,18H,2,4,9,11,13-14H2,1H3/t15-/m0/s1. The van der Waals surface area contributed by atoms with Crippen LogP contribution in [0.1, 0.15) is 31.4 Å². The van der Waals surface area contributed by atoms with Crippen molar-refractivity contribution in [2.45, 2.75) is 32.4 Å². The van der Waals surface area contributed by atoms with Crippen LogP contribution in [0.3, 0.4) is 0 Å². The van der Waals surface area contributed by atoms with E-state index in [0.717, 1.165) is 30.8 Å². The Hall–Kier alpha value is -1.86. The number of benzene rings is 1. The second kappa shape index (κ2) is 7.36. The summed E-state index contributed by atoms with van der Waals surface area (Å²) in [5.41, 5.74) is 1.93. The molecule has 0 amide bonds. The summed E-state index contributed by atoms with van der Waals surface area (Å²) in [6.45, 7) is 4.51. The summed E-state index contributed by atoms with van der Waals surface area (Å²) in [5.74, 6) is 0.253. The Morgan fingerprint density at radius 3 is 2.71 bits per heavy atom. The smallest absolute Gasteiger partial charge is 0.235 e. The van der Waals surface area contributed by atoms with Crippen LogP contribution in [0.5, 0.6) is 0 Å². The van der Waals surface area contributed by atoms with Crippen molar-refractivity contribution in [3.63, 3.8) is 0 Å². The van der Waals surface area contributed by atoms with E-state index in [1.54, 1.807) is 6.20 Å². The van der Waals surface area contributed by atoms with Crippen LogP contribution in [-0.4, -0.2) is 37.0 Å². The van der Waals surface area contributed by atoms with Crippen molar-refractivity contribution in [3.8, 4) is 0 Å². The molecule has 3 rings (SSSR count). The third-order valence-corrected chi connectivity index (χ3v) is 6.22. The summed E-state index contributed by atoms with van der Waals surface area (Å²) in [6, 6.07) is 9.98. The topological polar surface area (TPSA) is 67.2 Å². The van der Waals surface area contributed by atoms with Gasteiger partial charge in [0.15, 0.2) is 0 Å². The quantitative estimate of drug-likeness (QED) is 0.779. The average Bonchev–Trinajstić information content (AvgIpc) is 3.20. The van der Waals surface area contributed by atoms with Crippen molar-refractivity contribution >= 4 is 15.7 Å². The Bertz CT molecular complexity index is 741. The molecule has 0 spiro atoms. The largest absolute Gasteiger partial charge is 0.310 e. The molecule has 1 aromatic heterocycles. The molecule has 0 unspecified atom stereocenters. The van der Waals surface area contributed by atoms with Crippen LogP contribution in [0.4, 0.5) is 5.69 Å². The molecular formula is C17H24N4O2S. The van der Waals surface area contributed by atoms with Gasteiger partial charge in [-0.25, -0.2) is 8.42 Å². The predicted octanol–water partition coefficient (Wildman–Crippen LogP) is 2.16. The zero-order valence-corrected chi connectivity index (χ0v) is 14.7. The fourth-order valence-electron chi connectivity index (χ4n) is 2.97. The van der Waals surface area contributed by atoms with Crippen LogP contribution in [0.25, 0.3) is 0 Å². The number of nitrogens with zero attached hydrogens (tertiary/aromatic N) is 3. The first kappa shape index (κ1) is 17.0. The van der Waals surface area contributed by atoms with Crippen molar-refractivity contribution in [1.29, 1.82) is 0 Å². The fraction of sp³-hybridized carbons (Fsp3) is 0.471. The Balaban J connectivity index is 1.51. The minimum absolute atomic E-state index is 0.229. The number of hydrogen-bond acceptors (Lipinski definition) is 4. The van der Waals surface area contributed by atoms with Gasteiger partial charge < -0.3 is 5.32 Å².